The van der Waals surface area contributed by atoms with Crippen LogP contribution in [0.15, 0.2) is 46.1 Å². The van der Waals surface area contributed by atoms with Gasteiger partial charge >= 0.3 is 0 Å². The molecule has 10 heteroatoms. The summed E-state index contributed by atoms with van der Waals surface area (Å²) in [6.07, 6.45) is 4.36. The first-order valence-electron chi connectivity index (χ1n) is 12.2. The number of halogens is 1. The molecule has 194 valence electrons. The van der Waals surface area contributed by atoms with Gasteiger partial charge in [-0.3, -0.25) is 0 Å². The summed E-state index contributed by atoms with van der Waals surface area (Å²) in [6, 6.07) is 7.97. The van der Waals surface area contributed by atoms with Crippen molar-refractivity contribution in [2.24, 2.45) is 10.7 Å². The number of rotatable bonds is 8. The average Bonchev–Trinajstić information content (AvgIpc) is 3.16. The summed E-state index contributed by atoms with van der Waals surface area (Å²) in [6.45, 7) is 14.2. The number of ether oxygens (including phenoxy) is 1. The van der Waals surface area contributed by atoms with Crippen molar-refractivity contribution < 1.29 is 14.3 Å². The molecular formula is C26H36BrN5O3Si. The van der Waals surface area contributed by atoms with E-state index in [9.17, 15) is 5.11 Å². The maximum Gasteiger partial charge on any atom is 0.250 e. The Kier molecular flexibility index (Phi) is 7.26. The monoisotopic (exact) mass is 573 g/mol. The quantitative estimate of drug-likeness (QED) is 0.193. The lowest BCUT2D eigenvalue weighted by atomic mass is 10.0. The van der Waals surface area contributed by atoms with E-state index < -0.39 is 13.9 Å². The van der Waals surface area contributed by atoms with Crippen LogP contribution in [0.2, 0.25) is 18.1 Å². The Labute approximate surface area is 222 Å². The van der Waals surface area contributed by atoms with Gasteiger partial charge < -0.3 is 25.3 Å². The minimum absolute atomic E-state index is 0.113. The molecule has 4 rings (SSSR count). The third-order valence-electron chi connectivity index (χ3n) is 7.07. The Balaban J connectivity index is 1.68. The molecule has 0 atom stereocenters. The number of nitrogens with two attached hydrogens (primary N) is 1. The number of fused-ring (bicyclic) bond motifs is 1. The van der Waals surface area contributed by atoms with E-state index in [0.29, 0.717) is 31.2 Å². The van der Waals surface area contributed by atoms with E-state index in [1.54, 1.807) is 10.7 Å². The summed E-state index contributed by atoms with van der Waals surface area (Å²) < 4.78 is 14.3. The molecule has 0 aliphatic carbocycles. The fourth-order valence-electron chi connectivity index (χ4n) is 3.75. The van der Waals surface area contributed by atoms with Gasteiger partial charge in [0, 0.05) is 17.2 Å². The predicted octanol–water partition coefficient (Wildman–Crippen LogP) is 5.25. The van der Waals surface area contributed by atoms with Gasteiger partial charge in [0.05, 0.1) is 41.9 Å². The number of aromatic nitrogens is 2. The molecule has 1 saturated heterocycles. The molecule has 2 aromatic heterocycles. The van der Waals surface area contributed by atoms with Crippen molar-refractivity contribution in [1.29, 1.82) is 0 Å². The zero-order valence-electron chi connectivity index (χ0n) is 21.9. The first-order valence-corrected chi connectivity index (χ1v) is 15.9. The van der Waals surface area contributed by atoms with E-state index in [0.717, 1.165) is 39.1 Å². The van der Waals surface area contributed by atoms with Gasteiger partial charge in [-0.05, 0) is 70.3 Å². The van der Waals surface area contributed by atoms with Crippen molar-refractivity contribution in [3.8, 4) is 5.75 Å². The molecule has 4 N–H and O–H groups in total. The van der Waals surface area contributed by atoms with Crippen LogP contribution < -0.4 is 15.5 Å². The molecule has 0 radical (unpaired) electrons. The van der Waals surface area contributed by atoms with E-state index in [1.165, 1.54) is 0 Å². The summed E-state index contributed by atoms with van der Waals surface area (Å²) in [5.41, 5.74) is 9.78. The van der Waals surface area contributed by atoms with Crippen LogP contribution >= 0.6 is 15.9 Å². The molecular weight excluding hydrogens is 538 g/mol. The number of anilines is 1. The van der Waals surface area contributed by atoms with Crippen LogP contribution in [0.4, 0.5) is 11.4 Å². The van der Waals surface area contributed by atoms with Crippen molar-refractivity contribution >= 4 is 47.0 Å². The zero-order valence-corrected chi connectivity index (χ0v) is 24.4. The Morgan fingerprint density at radius 3 is 2.67 bits per heavy atom. The second-order valence-electron chi connectivity index (χ2n) is 11.0. The van der Waals surface area contributed by atoms with Gasteiger partial charge in [0.25, 0.3) is 0 Å². The fraction of sp³-hybridized carbons (Fsp3) is 0.462. The Bertz CT molecular complexity index is 1290. The highest BCUT2D eigenvalue weighted by Crippen LogP contribution is 2.38. The molecule has 3 heterocycles. The molecule has 0 unspecified atom stereocenters. The Morgan fingerprint density at radius 2 is 2.06 bits per heavy atom. The normalized spacial score (nSPS) is 16.2. The number of aryl methyl sites for hydroxylation is 1. The largest absolute Gasteiger partial charge is 0.543 e. The van der Waals surface area contributed by atoms with Gasteiger partial charge in [-0.1, -0.05) is 27.7 Å². The maximum absolute atomic E-state index is 10.5. The SMILES string of the molecule is CCc1cc(O[Si](C)(C)C(C)(C)C)ccc1/N=C(\N)c1cnn2cc(Br)cc2c1NCC1(O)COC1. The summed E-state index contributed by atoms with van der Waals surface area (Å²) in [5, 5.41) is 18.5. The van der Waals surface area contributed by atoms with Crippen LogP contribution in [-0.2, 0) is 11.2 Å². The van der Waals surface area contributed by atoms with Crippen LogP contribution in [0.1, 0.15) is 38.8 Å². The van der Waals surface area contributed by atoms with Gasteiger partial charge in [0.15, 0.2) is 0 Å². The van der Waals surface area contributed by atoms with Crippen LogP contribution in [0.25, 0.3) is 5.52 Å². The molecule has 0 bridgehead atoms. The standard InChI is InChI=1S/C26H36BrN5O3Si/c1-7-17-10-19(35-36(5,6)25(2,3)4)8-9-21(17)31-24(28)20-12-30-32-13-18(27)11-22(32)23(20)29-14-26(33)15-34-16-26/h8-13,29,33H,7,14-16H2,1-6H3,(H2,28,31). The molecule has 1 aliphatic rings. The maximum atomic E-state index is 10.5. The number of nitrogens with zero attached hydrogens (tertiary/aromatic N) is 3. The number of hydrogen-bond donors (Lipinski definition) is 3. The third-order valence-corrected chi connectivity index (χ3v) is 11.9. The molecule has 1 fully saturated rings. The first kappa shape index (κ1) is 26.7. The molecule has 8 nitrogen and oxygen atoms in total. The lowest BCUT2D eigenvalue weighted by Crippen LogP contribution is -2.54. The second kappa shape index (κ2) is 9.81. The van der Waals surface area contributed by atoms with E-state index in [4.69, 9.17) is 19.9 Å². The van der Waals surface area contributed by atoms with Crippen molar-refractivity contribution in [2.45, 2.75) is 57.8 Å². The minimum atomic E-state index is -1.95. The lowest BCUT2D eigenvalue weighted by Gasteiger charge is -2.36. The van der Waals surface area contributed by atoms with Crippen molar-refractivity contribution in [3.05, 3.63) is 52.3 Å². The van der Waals surface area contributed by atoms with Gasteiger partial charge in [-0.15, -0.1) is 0 Å². The highest BCUT2D eigenvalue weighted by atomic mass is 79.9. The predicted molar refractivity (Wildman–Crippen MR) is 151 cm³/mol. The summed E-state index contributed by atoms with van der Waals surface area (Å²) >= 11 is 3.52. The molecule has 3 aromatic rings. The van der Waals surface area contributed by atoms with E-state index >= 15 is 0 Å². The Hall–Kier alpha value is -2.40. The number of hydrogen-bond acceptors (Lipinski definition) is 6. The Morgan fingerprint density at radius 1 is 1.33 bits per heavy atom. The van der Waals surface area contributed by atoms with Crippen LogP contribution in [-0.4, -0.2) is 54.2 Å². The van der Waals surface area contributed by atoms with Gasteiger partial charge in [0.1, 0.15) is 17.2 Å². The average molecular weight is 575 g/mol. The van der Waals surface area contributed by atoms with Gasteiger partial charge in [0.2, 0.25) is 8.32 Å². The van der Waals surface area contributed by atoms with Crippen LogP contribution in [0.3, 0.4) is 0 Å². The third kappa shape index (κ3) is 5.46. The topological polar surface area (TPSA) is 106 Å². The zero-order chi connectivity index (χ0) is 26.3. The van der Waals surface area contributed by atoms with Gasteiger partial charge in [-0.25, -0.2) is 9.51 Å². The van der Waals surface area contributed by atoms with Crippen LogP contribution in [0, 0.1) is 0 Å². The first-order chi connectivity index (χ1) is 16.8. The second-order valence-corrected chi connectivity index (χ2v) is 16.6. The van der Waals surface area contributed by atoms with Crippen LogP contribution in [0.5, 0.6) is 5.75 Å². The van der Waals surface area contributed by atoms with Crippen molar-refractivity contribution in [2.75, 3.05) is 25.1 Å². The summed E-state index contributed by atoms with van der Waals surface area (Å²) in [5.74, 6) is 1.21. The molecule has 1 aliphatic heterocycles. The molecule has 36 heavy (non-hydrogen) atoms. The number of benzene rings is 1. The highest BCUT2D eigenvalue weighted by Gasteiger charge is 2.39. The molecule has 0 amide bonds. The fourth-order valence-corrected chi connectivity index (χ4v) is 5.19. The number of aliphatic imine (C=N–C) groups is 1. The number of amidine groups is 1. The highest BCUT2D eigenvalue weighted by molar-refractivity contribution is 9.10. The van der Waals surface area contributed by atoms with Gasteiger partial charge in [-0.2, -0.15) is 5.10 Å². The number of aliphatic hydroxyl groups is 1. The summed E-state index contributed by atoms with van der Waals surface area (Å²) in [4.78, 5) is 4.80. The van der Waals surface area contributed by atoms with E-state index in [2.05, 4.69) is 73.2 Å². The molecule has 0 spiro atoms. The lowest BCUT2D eigenvalue weighted by molar-refractivity contribution is -0.168. The number of nitrogens with one attached hydrogen (secondary N) is 1. The molecule has 0 saturated carbocycles. The van der Waals surface area contributed by atoms with Crippen molar-refractivity contribution in [1.82, 2.24) is 9.61 Å². The summed E-state index contributed by atoms with van der Waals surface area (Å²) in [7, 11) is -1.95. The smallest absolute Gasteiger partial charge is 0.250 e. The van der Waals surface area contributed by atoms with E-state index in [1.807, 2.05) is 24.4 Å². The minimum Gasteiger partial charge on any atom is -0.543 e. The molecule has 1 aromatic carbocycles. The van der Waals surface area contributed by atoms with Crippen molar-refractivity contribution in [3.63, 3.8) is 0 Å². The van der Waals surface area contributed by atoms with E-state index in [-0.39, 0.29) is 5.04 Å².